The summed E-state index contributed by atoms with van der Waals surface area (Å²) in [5.74, 6) is 2.43. The SMILES string of the molecule is CN=C(NCc1cccc(COC2CCOCC2)c1)N(C)Cc1ccc2c(c1)OCO2.I. The third-order valence-electron chi connectivity index (χ3n) is 5.53. The van der Waals surface area contributed by atoms with Crippen molar-refractivity contribution in [2.24, 2.45) is 4.99 Å². The molecule has 2 aliphatic heterocycles. The molecule has 0 bridgehead atoms. The summed E-state index contributed by atoms with van der Waals surface area (Å²) in [6, 6.07) is 14.5. The Morgan fingerprint density at radius 1 is 1.06 bits per heavy atom. The molecule has 2 aliphatic rings. The molecule has 1 N–H and O–H groups in total. The fourth-order valence-electron chi connectivity index (χ4n) is 3.84. The van der Waals surface area contributed by atoms with Crippen LogP contribution in [-0.2, 0) is 29.2 Å². The molecular formula is C24H32IN3O4. The Balaban J connectivity index is 0.00000289. The first kappa shape index (κ1) is 24.6. The summed E-state index contributed by atoms with van der Waals surface area (Å²) in [7, 11) is 3.83. The van der Waals surface area contributed by atoms with E-state index < -0.39 is 0 Å². The van der Waals surface area contributed by atoms with Crippen molar-refractivity contribution in [2.75, 3.05) is 34.1 Å². The van der Waals surface area contributed by atoms with Gasteiger partial charge in [0.05, 0.1) is 12.7 Å². The third-order valence-corrected chi connectivity index (χ3v) is 5.53. The number of nitrogens with zero attached hydrogens (tertiary/aromatic N) is 2. The van der Waals surface area contributed by atoms with Crippen molar-refractivity contribution in [3.05, 3.63) is 59.2 Å². The lowest BCUT2D eigenvalue weighted by Gasteiger charge is -2.23. The molecule has 2 aromatic carbocycles. The highest BCUT2D eigenvalue weighted by molar-refractivity contribution is 14.0. The monoisotopic (exact) mass is 553 g/mol. The first-order valence-electron chi connectivity index (χ1n) is 10.8. The lowest BCUT2D eigenvalue weighted by molar-refractivity contribution is -0.0390. The molecule has 4 rings (SSSR count). The van der Waals surface area contributed by atoms with E-state index in [1.165, 1.54) is 11.1 Å². The summed E-state index contributed by atoms with van der Waals surface area (Å²) < 4.78 is 22.3. The zero-order chi connectivity index (χ0) is 21.5. The summed E-state index contributed by atoms with van der Waals surface area (Å²) in [5, 5.41) is 3.45. The number of aliphatic imine (C=N–C) groups is 1. The van der Waals surface area contributed by atoms with Gasteiger partial charge in [-0.05, 0) is 41.7 Å². The number of halogens is 1. The zero-order valence-corrected chi connectivity index (χ0v) is 21.0. The number of benzene rings is 2. The number of fused-ring (bicyclic) bond motifs is 1. The van der Waals surface area contributed by atoms with Crippen LogP contribution in [0.15, 0.2) is 47.5 Å². The average molecular weight is 553 g/mol. The molecule has 1 saturated heterocycles. The molecule has 8 heteroatoms. The van der Waals surface area contributed by atoms with Crippen molar-refractivity contribution in [1.29, 1.82) is 0 Å². The summed E-state index contributed by atoms with van der Waals surface area (Å²) in [6.45, 7) is 3.94. The van der Waals surface area contributed by atoms with Gasteiger partial charge in [-0.25, -0.2) is 0 Å². The van der Waals surface area contributed by atoms with Crippen molar-refractivity contribution >= 4 is 29.9 Å². The quantitative estimate of drug-likeness (QED) is 0.319. The van der Waals surface area contributed by atoms with Crippen LogP contribution in [0.3, 0.4) is 0 Å². The Kier molecular flexibility index (Phi) is 9.43. The van der Waals surface area contributed by atoms with Crippen LogP contribution in [0.25, 0.3) is 0 Å². The van der Waals surface area contributed by atoms with E-state index in [0.29, 0.717) is 19.3 Å². The maximum atomic E-state index is 6.06. The molecule has 0 atom stereocenters. The smallest absolute Gasteiger partial charge is 0.231 e. The van der Waals surface area contributed by atoms with Gasteiger partial charge >= 0.3 is 0 Å². The number of nitrogens with one attached hydrogen (secondary N) is 1. The fraction of sp³-hybridized carbons (Fsp3) is 0.458. The van der Waals surface area contributed by atoms with Crippen LogP contribution < -0.4 is 14.8 Å². The van der Waals surface area contributed by atoms with E-state index in [4.69, 9.17) is 18.9 Å². The van der Waals surface area contributed by atoms with Gasteiger partial charge in [0.1, 0.15) is 0 Å². The van der Waals surface area contributed by atoms with Crippen molar-refractivity contribution < 1.29 is 18.9 Å². The molecule has 0 amide bonds. The molecule has 0 aliphatic carbocycles. The molecule has 0 saturated carbocycles. The van der Waals surface area contributed by atoms with Crippen molar-refractivity contribution in [3.63, 3.8) is 0 Å². The number of hydrogen-bond donors (Lipinski definition) is 1. The highest BCUT2D eigenvalue weighted by Gasteiger charge is 2.15. The number of hydrogen-bond acceptors (Lipinski definition) is 5. The molecular weight excluding hydrogens is 521 g/mol. The van der Waals surface area contributed by atoms with Crippen molar-refractivity contribution in [3.8, 4) is 11.5 Å². The second-order valence-corrected chi connectivity index (χ2v) is 7.89. The Bertz CT molecular complexity index is 903. The van der Waals surface area contributed by atoms with Crippen LogP contribution in [0, 0.1) is 0 Å². The molecule has 2 aromatic rings. The minimum absolute atomic E-state index is 0. The summed E-state index contributed by atoms with van der Waals surface area (Å²) in [4.78, 5) is 6.52. The van der Waals surface area contributed by atoms with Crippen LogP contribution in [-0.4, -0.2) is 51.1 Å². The predicted octanol–water partition coefficient (Wildman–Crippen LogP) is 3.94. The molecule has 32 heavy (non-hydrogen) atoms. The zero-order valence-electron chi connectivity index (χ0n) is 18.7. The molecule has 0 radical (unpaired) electrons. The molecule has 1 fully saturated rings. The van der Waals surface area contributed by atoms with Crippen LogP contribution >= 0.6 is 24.0 Å². The maximum absolute atomic E-state index is 6.06. The lowest BCUT2D eigenvalue weighted by atomic mass is 10.1. The van der Waals surface area contributed by atoms with Gasteiger partial charge in [0.25, 0.3) is 0 Å². The van der Waals surface area contributed by atoms with E-state index in [1.807, 2.05) is 19.2 Å². The van der Waals surface area contributed by atoms with E-state index in [-0.39, 0.29) is 30.8 Å². The lowest BCUT2D eigenvalue weighted by Crippen LogP contribution is -2.38. The Morgan fingerprint density at radius 3 is 2.66 bits per heavy atom. The predicted molar refractivity (Wildman–Crippen MR) is 135 cm³/mol. The molecule has 0 unspecified atom stereocenters. The number of guanidine groups is 1. The van der Waals surface area contributed by atoms with E-state index in [0.717, 1.165) is 55.6 Å². The van der Waals surface area contributed by atoms with Crippen molar-refractivity contribution in [2.45, 2.75) is 38.6 Å². The van der Waals surface area contributed by atoms with Gasteiger partial charge in [-0.1, -0.05) is 30.3 Å². The fourth-order valence-corrected chi connectivity index (χ4v) is 3.84. The molecule has 2 heterocycles. The van der Waals surface area contributed by atoms with E-state index >= 15 is 0 Å². The van der Waals surface area contributed by atoms with Gasteiger partial charge in [0.15, 0.2) is 17.5 Å². The molecule has 7 nitrogen and oxygen atoms in total. The van der Waals surface area contributed by atoms with Crippen LogP contribution in [0.2, 0.25) is 0 Å². The Hall–Kier alpha value is -2.04. The Labute approximate surface area is 207 Å². The molecule has 0 aromatic heterocycles. The van der Waals surface area contributed by atoms with Gasteiger partial charge in [0, 0.05) is 40.4 Å². The van der Waals surface area contributed by atoms with E-state index in [1.54, 1.807) is 7.05 Å². The van der Waals surface area contributed by atoms with Gasteiger partial charge < -0.3 is 29.2 Å². The summed E-state index contributed by atoms with van der Waals surface area (Å²) >= 11 is 0. The minimum Gasteiger partial charge on any atom is -0.454 e. The molecule has 0 spiro atoms. The molecule has 174 valence electrons. The third kappa shape index (κ3) is 6.73. The largest absolute Gasteiger partial charge is 0.454 e. The van der Waals surface area contributed by atoms with E-state index in [2.05, 4.69) is 45.5 Å². The number of ether oxygens (including phenoxy) is 4. The van der Waals surface area contributed by atoms with Crippen LogP contribution in [0.4, 0.5) is 0 Å². The summed E-state index contributed by atoms with van der Waals surface area (Å²) in [6.07, 6.45) is 2.26. The highest BCUT2D eigenvalue weighted by Crippen LogP contribution is 2.32. The first-order valence-corrected chi connectivity index (χ1v) is 10.8. The normalized spacial score (nSPS) is 15.9. The van der Waals surface area contributed by atoms with E-state index in [9.17, 15) is 0 Å². The Morgan fingerprint density at radius 2 is 1.84 bits per heavy atom. The topological polar surface area (TPSA) is 64.6 Å². The van der Waals surface area contributed by atoms with Gasteiger partial charge in [-0.3, -0.25) is 4.99 Å². The average Bonchev–Trinajstić information content (AvgIpc) is 3.27. The van der Waals surface area contributed by atoms with Crippen LogP contribution in [0.5, 0.6) is 11.5 Å². The second-order valence-electron chi connectivity index (χ2n) is 7.89. The van der Waals surface area contributed by atoms with Crippen molar-refractivity contribution in [1.82, 2.24) is 10.2 Å². The second kappa shape index (κ2) is 12.3. The van der Waals surface area contributed by atoms with Crippen LogP contribution in [0.1, 0.15) is 29.5 Å². The standard InChI is InChI=1S/C24H31N3O4.HI/c1-25-24(27(2)15-19-6-7-22-23(13-19)31-17-30-22)26-14-18-4-3-5-20(12-18)16-29-21-8-10-28-11-9-21;/h3-7,12-13,21H,8-11,14-17H2,1-2H3,(H,25,26);1H. The van der Waals surface area contributed by atoms with Gasteiger partial charge in [0.2, 0.25) is 6.79 Å². The first-order chi connectivity index (χ1) is 15.2. The highest BCUT2D eigenvalue weighted by atomic mass is 127. The maximum Gasteiger partial charge on any atom is 0.231 e. The number of rotatable bonds is 7. The minimum atomic E-state index is 0. The van der Waals surface area contributed by atoms with Gasteiger partial charge in [-0.15, -0.1) is 24.0 Å². The summed E-state index contributed by atoms with van der Waals surface area (Å²) in [5.41, 5.74) is 3.53. The van der Waals surface area contributed by atoms with Gasteiger partial charge in [-0.2, -0.15) is 0 Å².